The van der Waals surface area contributed by atoms with Crippen molar-refractivity contribution >= 4 is 34.2 Å². The highest BCUT2D eigenvalue weighted by atomic mass is 16.2. The summed E-state index contributed by atoms with van der Waals surface area (Å²) in [6.07, 6.45) is 2.88. The summed E-state index contributed by atoms with van der Waals surface area (Å²) >= 11 is 0. The first-order chi connectivity index (χ1) is 14.0. The van der Waals surface area contributed by atoms with Crippen LogP contribution in [0.4, 0.5) is 5.69 Å². The van der Waals surface area contributed by atoms with Crippen molar-refractivity contribution in [2.24, 2.45) is 5.92 Å². The average Bonchev–Trinajstić information content (AvgIpc) is 3.32. The van der Waals surface area contributed by atoms with Crippen LogP contribution < -0.4 is 10.2 Å². The Balaban J connectivity index is 1.36. The first-order valence-electron chi connectivity index (χ1n) is 9.77. The minimum atomic E-state index is -0.383. The second-order valence-electron chi connectivity index (χ2n) is 7.41. The molecule has 2 aromatic carbocycles. The zero-order valence-electron chi connectivity index (χ0n) is 16.3. The van der Waals surface area contributed by atoms with Gasteiger partial charge in [-0.2, -0.15) is 0 Å². The fraction of sp³-hybridized carbons (Fsp3) is 0.261. The van der Waals surface area contributed by atoms with Gasteiger partial charge in [0, 0.05) is 47.9 Å². The van der Waals surface area contributed by atoms with Crippen LogP contribution in [-0.2, 0) is 16.0 Å². The maximum atomic E-state index is 12.6. The molecular weight excluding hydrogens is 366 g/mol. The maximum absolute atomic E-state index is 12.6. The van der Waals surface area contributed by atoms with Gasteiger partial charge < -0.3 is 15.2 Å². The number of anilines is 1. The Kier molecular flexibility index (Phi) is 5.16. The predicted octanol–water partition coefficient (Wildman–Crippen LogP) is 3.08. The topological polar surface area (TPSA) is 82.3 Å². The molecule has 0 bridgehead atoms. The summed E-state index contributed by atoms with van der Waals surface area (Å²) in [5.41, 5.74) is 3.46. The molecule has 1 unspecified atom stereocenters. The molecule has 0 saturated carbocycles. The number of hydrogen-bond acceptors (Lipinski definition) is 3. The number of nitrogens with zero attached hydrogens (tertiary/aromatic N) is 1. The molecule has 0 aliphatic carbocycles. The van der Waals surface area contributed by atoms with Gasteiger partial charge in [-0.05, 0) is 37.1 Å². The molecular formula is C23H23N3O3. The number of amides is 2. The summed E-state index contributed by atoms with van der Waals surface area (Å²) in [6.45, 7) is 2.35. The minimum Gasteiger partial charge on any atom is -0.361 e. The van der Waals surface area contributed by atoms with E-state index in [0.717, 1.165) is 22.9 Å². The van der Waals surface area contributed by atoms with Crippen LogP contribution in [0, 0.1) is 5.92 Å². The normalized spacial score (nSPS) is 16.4. The van der Waals surface area contributed by atoms with E-state index in [4.69, 9.17) is 0 Å². The standard InChI is InChI=1S/C23H23N3O3/c1-15(27)16-5-4-6-19(11-16)26-14-18(12-22(26)28)23(29)24-10-9-17-13-25-21-8-3-2-7-20(17)21/h2-8,11,13,18,25H,9-10,12,14H2,1H3,(H,24,29). The molecule has 1 saturated heterocycles. The third-order valence-electron chi connectivity index (χ3n) is 5.43. The third-order valence-corrected chi connectivity index (χ3v) is 5.43. The number of carbonyl (C=O) groups is 3. The molecule has 29 heavy (non-hydrogen) atoms. The van der Waals surface area contributed by atoms with E-state index in [1.165, 1.54) is 6.92 Å². The number of aromatic nitrogens is 1. The third kappa shape index (κ3) is 3.92. The van der Waals surface area contributed by atoms with Crippen LogP contribution in [0.25, 0.3) is 10.9 Å². The van der Waals surface area contributed by atoms with E-state index < -0.39 is 0 Å². The fourth-order valence-electron chi connectivity index (χ4n) is 3.83. The van der Waals surface area contributed by atoms with Gasteiger partial charge in [0.1, 0.15) is 0 Å². The molecule has 6 heteroatoms. The monoisotopic (exact) mass is 389 g/mol. The van der Waals surface area contributed by atoms with Gasteiger partial charge in [-0.25, -0.2) is 0 Å². The molecule has 2 amide bonds. The van der Waals surface area contributed by atoms with E-state index in [-0.39, 0.29) is 29.9 Å². The fourth-order valence-corrected chi connectivity index (χ4v) is 3.83. The number of aromatic amines is 1. The summed E-state index contributed by atoms with van der Waals surface area (Å²) in [6, 6.07) is 15.1. The van der Waals surface area contributed by atoms with Crippen molar-refractivity contribution in [3.63, 3.8) is 0 Å². The van der Waals surface area contributed by atoms with Crippen LogP contribution in [0.15, 0.2) is 54.7 Å². The van der Waals surface area contributed by atoms with Crippen LogP contribution in [0.3, 0.4) is 0 Å². The number of ketones is 1. The summed E-state index contributed by atoms with van der Waals surface area (Å²) in [7, 11) is 0. The summed E-state index contributed by atoms with van der Waals surface area (Å²) in [5, 5.41) is 4.13. The smallest absolute Gasteiger partial charge is 0.227 e. The Morgan fingerprint density at radius 2 is 2.00 bits per heavy atom. The molecule has 2 heterocycles. The largest absolute Gasteiger partial charge is 0.361 e. The molecule has 3 aromatic rings. The lowest BCUT2D eigenvalue weighted by molar-refractivity contribution is -0.126. The minimum absolute atomic E-state index is 0.0509. The van der Waals surface area contributed by atoms with E-state index in [2.05, 4.69) is 16.4 Å². The molecule has 4 rings (SSSR count). The molecule has 1 aliphatic heterocycles. The quantitative estimate of drug-likeness (QED) is 0.636. The number of hydrogen-bond donors (Lipinski definition) is 2. The van der Waals surface area contributed by atoms with Crippen LogP contribution in [-0.4, -0.2) is 35.7 Å². The zero-order valence-corrected chi connectivity index (χ0v) is 16.3. The van der Waals surface area contributed by atoms with Gasteiger partial charge in [-0.3, -0.25) is 14.4 Å². The zero-order chi connectivity index (χ0) is 20.4. The Hall–Kier alpha value is -3.41. The highest BCUT2D eigenvalue weighted by Crippen LogP contribution is 2.26. The average molecular weight is 389 g/mol. The Bertz CT molecular complexity index is 1090. The van der Waals surface area contributed by atoms with E-state index in [9.17, 15) is 14.4 Å². The van der Waals surface area contributed by atoms with Crippen LogP contribution >= 0.6 is 0 Å². The number of Topliss-reactive ketones (excluding diaryl/α,β-unsaturated/α-hetero) is 1. The first kappa shape index (κ1) is 18.9. The first-order valence-corrected chi connectivity index (χ1v) is 9.77. The molecule has 2 N–H and O–H groups in total. The van der Waals surface area contributed by atoms with Crippen molar-refractivity contribution in [1.82, 2.24) is 10.3 Å². The van der Waals surface area contributed by atoms with E-state index in [0.29, 0.717) is 24.3 Å². The number of H-pyrrole nitrogens is 1. The SMILES string of the molecule is CC(=O)c1cccc(N2CC(C(=O)NCCc3c[nH]c4ccccc34)CC2=O)c1. The molecule has 6 nitrogen and oxygen atoms in total. The lowest BCUT2D eigenvalue weighted by Gasteiger charge is -2.17. The Labute approximate surface area is 168 Å². The Morgan fingerprint density at radius 3 is 2.83 bits per heavy atom. The van der Waals surface area contributed by atoms with Gasteiger partial charge in [-0.1, -0.05) is 30.3 Å². The van der Waals surface area contributed by atoms with Gasteiger partial charge in [0.25, 0.3) is 0 Å². The van der Waals surface area contributed by atoms with E-state index in [1.54, 1.807) is 29.2 Å². The number of fused-ring (bicyclic) bond motifs is 1. The highest BCUT2D eigenvalue weighted by molar-refractivity contribution is 6.02. The second kappa shape index (κ2) is 7.91. The van der Waals surface area contributed by atoms with E-state index in [1.807, 2.05) is 24.4 Å². The van der Waals surface area contributed by atoms with Gasteiger partial charge in [-0.15, -0.1) is 0 Å². The highest BCUT2D eigenvalue weighted by Gasteiger charge is 2.35. The van der Waals surface area contributed by atoms with Crippen molar-refractivity contribution in [2.75, 3.05) is 18.0 Å². The molecule has 1 atom stereocenters. The van der Waals surface area contributed by atoms with Crippen molar-refractivity contribution < 1.29 is 14.4 Å². The second-order valence-corrected chi connectivity index (χ2v) is 7.41. The molecule has 0 radical (unpaired) electrons. The van der Waals surface area contributed by atoms with Crippen molar-refractivity contribution in [2.45, 2.75) is 19.8 Å². The maximum Gasteiger partial charge on any atom is 0.227 e. The molecule has 1 fully saturated rings. The van der Waals surface area contributed by atoms with E-state index >= 15 is 0 Å². The molecule has 0 spiro atoms. The predicted molar refractivity (Wildman–Crippen MR) is 112 cm³/mol. The number of nitrogens with one attached hydrogen (secondary N) is 2. The Morgan fingerprint density at radius 1 is 1.17 bits per heavy atom. The van der Waals surface area contributed by atoms with Crippen LogP contribution in [0.1, 0.15) is 29.3 Å². The molecule has 1 aromatic heterocycles. The number of benzene rings is 2. The number of carbonyl (C=O) groups excluding carboxylic acids is 3. The summed E-state index contributed by atoms with van der Waals surface area (Å²) < 4.78 is 0. The number of rotatable bonds is 6. The van der Waals surface area contributed by atoms with Gasteiger partial charge in [0.05, 0.1) is 5.92 Å². The van der Waals surface area contributed by atoms with Crippen LogP contribution in [0.2, 0.25) is 0 Å². The molecule has 1 aliphatic rings. The summed E-state index contributed by atoms with van der Waals surface area (Å²) in [4.78, 5) is 41.4. The molecule has 148 valence electrons. The van der Waals surface area contributed by atoms with Crippen molar-refractivity contribution in [1.29, 1.82) is 0 Å². The van der Waals surface area contributed by atoms with Gasteiger partial charge in [0.15, 0.2) is 5.78 Å². The van der Waals surface area contributed by atoms with Gasteiger partial charge in [0.2, 0.25) is 11.8 Å². The van der Waals surface area contributed by atoms with Crippen LogP contribution in [0.5, 0.6) is 0 Å². The lowest BCUT2D eigenvalue weighted by atomic mass is 10.1. The van der Waals surface area contributed by atoms with Crippen molar-refractivity contribution in [3.8, 4) is 0 Å². The van der Waals surface area contributed by atoms with Gasteiger partial charge >= 0.3 is 0 Å². The summed E-state index contributed by atoms with van der Waals surface area (Å²) in [5.74, 6) is -0.637. The van der Waals surface area contributed by atoms with Crippen molar-refractivity contribution in [3.05, 3.63) is 65.9 Å². The number of para-hydroxylation sites is 1. The lowest BCUT2D eigenvalue weighted by Crippen LogP contribution is -2.34.